The first-order chi connectivity index (χ1) is 11.3. The molecule has 1 unspecified atom stereocenters. The van der Waals surface area contributed by atoms with Gasteiger partial charge in [0.1, 0.15) is 5.58 Å². The lowest BCUT2D eigenvalue weighted by molar-refractivity contribution is -0.129. The second-order valence-corrected chi connectivity index (χ2v) is 6.49. The summed E-state index contributed by atoms with van der Waals surface area (Å²) in [6.45, 7) is 6.14. The van der Waals surface area contributed by atoms with Gasteiger partial charge >= 0.3 is 5.63 Å². The Bertz CT molecular complexity index is 869. The molecule has 126 valence electrons. The Hall–Kier alpha value is -2.63. The number of likely N-dealkylation sites (tertiary alicyclic amines) is 1. The minimum absolute atomic E-state index is 0.00489. The third-order valence-corrected chi connectivity index (χ3v) is 4.37. The molecule has 1 aliphatic rings. The van der Waals surface area contributed by atoms with Crippen LogP contribution in [0.2, 0.25) is 0 Å². The summed E-state index contributed by atoms with van der Waals surface area (Å²) in [7, 11) is 0. The summed E-state index contributed by atoms with van der Waals surface area (Å²) in [6, 6.07) is 6.74. The van der Waals surface area contributed by atoms with Gasteiger partial charge in [0.15, 0.2) is 0 Å². The number of carbonyl (C=O) groups is 2. The summed E-state index contributed by atoms with van der Waals surface area (Å²) in [5.41, 5.74) is 1.39. The van der Waals surface area contributed by atoms with E-state index in [4.69, 9.17) is 4.42 Å². The topological polar surface area (TPSA) is 79.6 Å². The van der Waals surface area contributed by atoms with Crippen molar-refractivity contribution in [2.45, 2.75) is 33.2 Å². The summed E-state index contributed by atoms with van der Waals surface area (Å²) in [4.78, 5) is 37.5. The zero-order valence-electron chi connectivity index (χ0n) is 14.0. The van der Waals surface area contributed by atoms with Gasteiger partial charge in [-0.25, -0.2) is 4.79 Å². The first-order valence-electron chi connectivity index (χ1n) is 8.00. The van der Waals surface area contributed by atoms with Gasteiger partial charge in [0.2, 0.25) is 11.8 Å². The normalized spacial score (nSPS) is 17.8. The molecule has 1 saturated heterocycles. The highest BCUT2D eigenvalue weighted by atomic mass is 16.4. The SMILES string of the molecule is Cc1cc(=O)oc2cc(NC(=O)C3CC(=O)N(C(C)C)C3)ccc12. The second-order valence-electron chi connectivity index (χ2n) is 6.49. The van der Waals surface area contributed by atoms with Gasteiger partial charge in [-0.2, -0.15) is 0 Å². The number of carbonyl (C=O) groups excluding carboxylic acids is 2. The number of hydrogen-bond donors (Lipinski definition) is 1. The number of anilines is 1. The molecular formula is C18H20N2O4. The van der Waals surface area contributed by atoms with E-state index in [2.05, 4.69) is 5.32 Å². The fourth-order valence-corrected chi connectivity index (χ4v) is 3.05. The lowest BCUT2D eigenvalue weighted by atomic mass is 10.1. The largest absolute Gasteiger partial charge is 0.423 e. The second kappa shape index (κ2) is 6.11. The van der Waals surface area contributed by atoms with E-state index in [9.17, 15) is 14.4 Å². The summed E-state index contributed by atoms with van der Waals surface area (Å²) in [5.74, 6) is -0.550. The van der Waals surface area contributed by atoms with Crippen molar-refractivity contribution in [3.05, 3.63) is 40.2 Å². The molecular weight excluding hydrogens is 308 g/mol. The lowest BCUT2D eigenvalue weighted by Crippen LogP contribution is -2.33. The summed E-state index contributed by atoms with van der Waals surface area (Å²) in [5, 5.41) is 3.64. The molecule has 1 fully saturated rings. The number of aryl methyl sites for hydroxylation is 1. The zero-order valence-corrected chi connectivity index (χ0v) is 14.0. The van der Waals surface area contributed by atoms with Crippen LogP contribution in [0.15, 0.2) is 33.5 Å². The highest BCUT2D eigenvalue weighted by molar-refractivity contribution is 5.98. The molecule has 6 nitrogen and oxygen atoms in total. The molecule has 6 heteroatoms. The predicted octanol–water partition coefficient (Wildman–Crippen LogP) is 2.30. The molecule has 0 aliphatic carbocycles. The number of hydrogen-bond acceptors (Lipinski definition) is 4. The van der Waals surface area contributed by atoms with Crippen LogP contribution in [0.5, 0.6) is 0 Å². The first kappa shape index (κ1) is 16.2. The third kappa shape index (κ3) is 3.04. The molecule has 3 rings (SSSR count). The van der Waals surface area contributed by atoms with Crippen molar-refractivity contribution in [1.29, 1.82) is 0 Å². The minimum atomic E-state index is -0.419. The van der Waals surface area contributed by atoms with Gasteiger partial charge in [-0.05, 0) is 38.5 Å². The molecule has 1 aromatic heterocycles. The van der Waals surface area contributed by atoms with Crippen LogP contribution in [0.25, 0.3) is 11.0 Å². The molecule has 24 heavy (non-hydrogen) atoms. The number of nitrogens with one attached hydrogen (secondary N) is 1. The average molecular weight is 328 g/mol. The van der Waals surface area contributed by atoms with Crippen molar-refractivity contribution in [1.82, 2.24) is 4.90 Å². The van der Waals surface area contributed by atoms with Crippen LogP contribution in [0.4, 0.5) is 5.69 Å². The number of rotatable bonds is 3. The fourth-order valence-electron chi connectivity index (χ4n) is 3.05. The molecule has 1 atom stereocenters. The quantitative estimate of drug-likeness (QED) is 0.877. The molecule has 0 bridgehead atoms. The Balaban J connectivity index is 1.79. The van der Waals surface area contributed by atoms with Gasteiger partial charge in [0.25, 0.3) is 0 Å². The van der Waals surface area contributed by atoms with Crippen molar-refractivity contribution in [3.63, 3.8) is 0 Å². The van der Waals surface area contributed by atoms with Gasteiger partial charge in [0, 0.05) is 42.2 Å². The van der Waals surface area contributed by atoms with E-state index in [-0.39, 0.29) is 30.2 Å². The number of benzene rings is 1. The molecule has 1 aromatic carbocycles. The van der Waals surface area contributed by atoms with Gasteiger partial charge < -0.3 is 14.6 Å². The van der Waals surface area contributed by atoms with Gasteiger partial charge in [-0.15, -0.1) is 0 Å². The number of fused-ring (bicyclic) bond motifs is 1. The average Bonchev–Trinajstić information content (AvgIpc) is 2.89. The van der Waals surface area contributed by atoms with Gasteiger partial charge in [-0.1, -0.05) is 0 Å². The van der Waals surface area contributed by atoms with Gasteiger partial charge in [-0.3, -0.25) is 9.59 Å². The molecule has 1 N–H and O–H groups in total. The summed E-state index contributed by atoms with van der Waals surface area (Å²) < 4.78 is 5.19. The zero-order chi connectivity index (χ0) is 17.4. The predicted molar refractivity (Wildman–Crippen MR) is 90.8 cm³/mol. The molecule has 0 radical (unpaired) electrons. The van der Waals surface area contributed by atoms with Crippen molar-refractivity contribution in [3.8, 4) is 0 Å². The standard InChI is InChI=1S/C18H20N2O4/c1-10(2)20-9-12(7-16(20)21)18(23)19-13-4-5-14-11(3)6-17(22)24-15(14)8-13/h4-6,8,10,12H,7,9H2,1-3H3,(H,19,23). The molecule has 2 aromatic rings. The Morgan fingerprint density at radius 3 is 2.71 bits per heavy atom. The van der Waals surface area contributed by atoms with E-state index in [1.54, 1.807) is 17.0 Å². The maximum atomic E-state index is 12.4. The van der Waals surface area contributed by atoms with E-state index >= 15 is 0 Å². The summed E-state index contributed by atoms with van der Waals surface area (Å²) >= 11 is 0. The molecule has 2 heterocycles. The summed E-state index contributed by atoms with van der Waals surface area (Å²) in [6.07, 6.45) is 0.228. The third-order valence-electron chi connectivity index (χ3n) is 4.37. The Kier molecular flexibility index (Phi) is 4.13. The molecule has 2 amide bonds. The molecule has 0 spiro atoms. The van der Waals surface area contributed by atoms with E-state index in [0.717, 1.165) is 10.9 Å². The van der Waals surface area contributed by atoms with Crippen LogP contribution < -0.4 is 10.9 Å². The van der Waals surface area contributed by atoms with Crippen molar-refractivity contribution < 1.29 is 14.0 Å². The number of nitrogens with zero attached hydrogens (tertiary/aromatic N) is 1. The highest BCUT2D eigenvalue weighted by Crippen LogP contribution is 2.24. The van der Waals surface area contributed by atoms with Gasteiger partial charge in [0.05, 0.1) is 5.92 Å². The van der Waals surface area contributed by atoms with Crippen molar-refractivity contribution >= 4 is 28.5 Å². The van der Waals surface area contributed by atoms with E-state index < -0.39 is 5.63 Å². The Labute approximate surface area is 139 Å². The van der Waals surface area contributed by atoms with Crippen molar-refractivity contribution in [2.75, 3.05) is 11.9 Å². The van der Waals surface area contributed by atoms with Crippen LogP contribution >= 0.6 is 0 Å². The Morgan fingerprint density at radius 1 is 1.29 bits per heavy atom. The van der Waals surface area contributed by atoms with E-state index in [1.807, 2.05) is 26.8 Å². The smallest absolute Gasteiger partial charge is 0.336 e. The minimum Gasteiger partial charge on any atom is -0.423 e. The molecule has 1 aliphatic heterocycles. The van der Waals surface area contributed by atoms with Crippen LogP contribution in [0, 0.1) is 12.8 Å². The monoisotopic (exact) mass is 328 g/mol. The van der Waals surface area contributed by atoms with Crippen LogP contribution in [0.3, 0.4) is 0 Å². The fraction of sp³-hybridized carbons (Fsp3) is 0.389. The highest BCUT2D eigenvalue weighted by Gasteiger charge is 2.35. The Morgan fingerprint density at radius 2 is 2.04 bits per heavy atom. The maximum Gasteiger partial charge on any atom is 0.336 e. The van der Waals surface area contributed by atoms with E-state index in [0.29, 0.717) is 17.8 Å². The molecule has 0 saturated carbocycles. The maximum absolute atomic E-state index is 12.4. The number of amides is 2. The van der Waals surface area contributed by atoms with Crippen LogP contribution in [-0.2, 0) is 9.59 Å². The van der Waals surface area contributed by atoms with E-state index in [1.165, 1.54) is 6.07 Å². The van der Waals surface area contributed by atoms with Crippen LogP contribution in [-0.4, -0.2) is 29.3 Å². The lowest BCUT2D eigenvalue weighted by Gasteiger charge is -2.20. The first-order valence-corrected chi connectivity index (χ1v) is 8.00. The van der Waals surface area contributed by atoms with Crippen molar-refractivity contribution in [2.24, 2.45) is 5.92 Å². The van der Waals surface area contributed by atoms with Crippen LogP contribution in [0.1, 0.15) is 25.8 Å².